The molecule has 16 heavy (non-hydrogen) atoms. The van der Waals surface area contributed by atoms with Gasteiger partial charge in [0, 0.05) is 6.07 Å². The van der Waals surface area contributed by atoms with E-state index >= 15 is 0 Å². The maximum Gasteiger partial charge on any atom is 0.153 e. The molecule has 1 aliphatic carbocycles. The van der Waals surface area contributed by atoms with Crippen molar-refractivity contribution in [2.45, 2.75) is 38.2 Å². The topological polar surface area (TPSA) is 46.5 Å². The van der Waals surface area contributed by atoms with Crippen LogP contribution in [0.4, 0.5) is 0 Å². The van der Waals surface area contributed by atoms with Gasteiger partial charge in [0.25, 0.3) is 0 Å². The third-order valence-electron chi connectivity index (χ3n) is 2.97. The predicted molar refractivity (Wildman–Crippen MR) is 61.0 cm³/mol. The zero-order chi connectivity index (χ0) is 11.4. The van der Waals surface area contributed by atoms with Crippen LogP contribution < -0.4 is 4.74 Å². The molecule has 1 fully saturated rings. The monoisotopic (exact) mass is 220 g/mol. The van der Waals surface area contributed by atoms with E-state index < -0.39 is 0 Å². The number of benzene rings is 1. The first-order chi connectivity index (χ1) is 7.79. The molecule has 1 saturated carbocycles. The molecule has 0 atom stereocenters. The van der Waals surface area contributed by atoms with Crippen LogP contribution in [0.15, 0.2) is 18.2 Å². The average molecular weight is 220 g/mol. The van der Waals surface area contributed by atoms with Crippen LogP contribution in [0.3, 0.4) is 0 Å². The molecule has 0 amide bonds. The van der Waals surface area contributed by atoms with Crippen molar-refractivity contribution in [3.8, 4) is 11.5 Å². The summed E-state index contributed by atoms with van der Waals surface area (Å²) in [6.45, 7) is 0. The Morgan fingerprint density at radius 2 is 2.00 bits per heavy atom. The van der Waals surface area contributed by atoms with Gasteiger partial charge in [0.1, 0.15) is 11.5 Å². The average Bonchev–Trinajstić information content (AvgIpc) is 2.31. The molecule has 0 radical (unpaired) electrons. The summed E-state index contributed by atoms with van der Waals surface area (Å²) < 4.78 is 5.77. The number of aromatic hydroxyl groups is 1. The Labute approximate surface area is 95.0 Å². The van der Waals surface area contributed by atoms with Gasteiger partial charge in [-0.3, -0.25) is 4.79 Å². The minimum Gasteiger partial charge on any atom is -0.508 e. The number of phenolic OH excluding ortho intramolecular Hbond substituents is 1. The van der Waals surface area contributed by atoms with Crippen LogP contribution in [0.1, 0.15) is 42.5 Å². The van der Waals surface area contributed by atoms with Gasteiger partial charge in [0.2, 0.25) is 0 Å². The molecule has 1 aromatic rings. The molecule has 0 saturated heterocycles. The third kappa shape index (κ3) is 2.54. The lowest BCUT2D eigenvalue weighted by Crippen LogP contribution is -2.20. The van der Waals surface area contributed by atoms with E-state index in [1.54, 1.807) is 6.07 Å². The Balaban J connectivity index is 2.12. The normalized spacial score (nSPS) is 17.0. The van der Waals surface area contributed by atoms with Gasteiger partial charge >= 0.3 is 0 Å². The van der Waals surface area contributed by atoms with Crippen molar-refractivity contribution in [1.29, 1.82) is 0 Å². The molecular formula is C13H16O3. The van der Waals surface area contributed by atoms with Crippen molar-refractivity contribution in [2.75, 3.05) is 0 Å². The summed E-state index contributed by atoms with van der Waals surface area (Å²) >= 11 is 0. The SMILES string of the molecule is O=Cc1ccc(O)cc1OC1CCCCC1. The smallest absolute Gasteiger partial charge is 0.153 e. The highest BCUT2D eigenvalue weighted by Gasteiger charge is 2.16. The molecular weight excluding hydrogens is 204 g/mol. The molecule has 1 N–H and O–H groups in total. The van der Waals surface area contributed by atoms with Crippen LogP contribution in [0.25, 0.3) is 0 Å². The Morgan fingerprint density at radius 3 is 2.69 bits per heavy atom. The second-order valence-corrected chi connectivity index (χ2v) is 4.22. The molecule has 2 rings (SSSR count). The van der Waals surface area contributed by atoms with E-state index in [2.05, 4.69) is 0 Å². The van der Waals surface area contributed by atoms with Gasteiger partial charge in [-0.15, -0.1) is 0 Å². The highest BCUT2D eigenvalue weighted by Crippen LogP contribution is 2.28. The maximum absolute atomic E-state index is 10.8. The number of rotatable bonds is 3. The van der Waals surface area contributed by atoms with Crippen LogP contribution in [0.2, 0.25) is 0 Å². The molecule has 1 aliphatic rings. The number of aldehydes is 1. The van der Waals surface area contributed by atoms with Crippen molar-refractivity contribution in [3.63, 3.8) is 0 Å². The van der Waals surface area contributed by atoms with E-state index in [9.17, 15) is 9.90 Å². The number of carbonyl (C=O) groups is 1. The highest BCUT2D eigenvalue weighted by atomic mass is 16.5. The van der Waals surface area contributed by atoms with Crippen molar-refractivity contribution < 1.29 is 14.6 Å². The quantitative estimate of drug-likeness (QED) is 0.797. The minimum absolute atomic E-state index is 0.136. The molecule has 3 nitrogen and oxygen atoms in total. The van der Waals surface area contributed by atoms with Gasteiger partial charge in [-0.05, 0) is 37.8 Å². The number of hydrogen-bond acceptors (Lipinski definition) is 3. The van der Waals surface area contributed by atoms with E-state index in [0.717, 1.165) is 19.1 Å². The number of ether oxygens (including phenoxy) is 1. The van der Waals surface area contributed by atoms with Gasteiger partial charge < -0.3 is 9.84 Å². The second kappa shape index (κ2) is 5.01. The zero-order valence-corrected chi connectivity index (χ0v) is 9.19. The summed E-state index contributed by atoms with van der Waals surface area (Å²) in [7, 11) is 0. The summed E-state index contributed by atoms with van der Waals surface area (Å²) in [6.07, 6.45) is 6.65. The van der Waals surface area contributed by atoms with Gasteiger partial charge in [-0.1, -0.05) is 6.42 Å². The van der Waals surface area contributed by atoms with E-state index in [4.69, 9.17) is 4.74 Å². The lowest BCUT2D eigenvalue weighted by atomic mass is 9.98. The van der Waals surface area contributed by atoms with E-state index in [1.165, 1.54) is 31.4 Å². The fourth-order valence-electron chi connectivity index (χ4n) is 2.09. The molecule has 0 heterocycles. The first kappa shape index (κ1) is 11.0. The van der Waals surface area contributed by atoms with Crippen molar-refractivity contribution in [3.05, 3.63) is 23.8 Å². The molecule has 0 spiro atoms. The number of hydrogen-bond donors (Lipinski definition) is 1. The van der Waals surface area contributed by atoms with Crippen LogP contribution in [0.5, 0.6) is 11.5 Å². The zero-order valence-electron chi connectivity index (χ0n) is 9.19. The first-order valence-electron chi connectivity index (χ1n) is 5.74. The molecule has 0 bridgehead atoms. The number of phenols is 1. The van der Waals surface area contributed by atoms with Crippen LogP contribution >= 0.6 is 0 Å². The summed E-state index contributed by atoms with van der Waals surface area (Å²) in [5.41, 5.74) is 0.503. The molecule has 86 valence electrons. The predicted octanol–water partition coefficient (Wildman–Crippen LogP) is 2.92. The molecule has 1 aromatic carbocycles. The summed E-state index contributed by atoms with van der Waals surface area (Å²) in [5.74, 6) is 0.637. The van der Waals surface area contributed by atoms with E-state index in [1.807, 2.05) is 0 Å². The lowest BCUT2D eigenvalue weighted by molar-refractivity contribution is 0.111. The molecule has 0 aromatic heterocycles. The van der Waals surface area contributed by atoms with Gasteiger partial charge in [0.15, 0.2) is 6.29 Å². The van der Waals surface area contributed by atoms with Crippen LogP contribution in [-0.2, 0) is 0 Å². The largest absolute Gasteiger partial charge is 0.508 e. The highest BCUT2D eigenvalue weighted by molar-refractivity contribution is 5.79. The van der Waals surface area contributed by atoms with Crippen molar-refractivity contribution >= 4 is 6.29 Å². The standard InChI is InChI=1S/C13H16O3/c14-9-10-6-7-11(15)8-13(10)16-12-4-2-1-3-5-12/h6-9,12,15H,1-5H2. The minimum atomic E-state index is 0.136. The van der Waals surface area contributed by atoms with Crippen LogP contribution in [-0.4, -0.2) is 17.5 Å². The molecule has 3 heteroatoms. The Morgan fingerprint density at radius 1 is 1.25 bits per heavy atom. The van der Waals surface area contributed by atoms with Crippen molar-refractivity contribution in [1.82, 2.24) is 0 Å². The Kier molecular flexibility index (Phi) is 3.44. The number of carbonyl (C=O) groups excluding carboxylic acids is 1. The first-order valence-corrected chi connectivity index (χ1v) is 5.74. The fourth-order valence-corrected chi connectivity index (χ4v) is 2.09. The lowest BCUT2D eigenvalue weighted by Gasteiger charge is -2.23. The molecule has 0 aliphatic heterocycles. The summed E-state index contributed by atoms with van der Waals surface area (Å²) in [5, 5.41) is 9.37. The fraction of sp³-hybridized carbons (Fsp3) is 0.462. The van der Waals surface area contributed by atoms with Crippen LogP contribution in [0, 0.1) is 0 Å². The molecule has 0 unspecified atom stereocenters. The second-order valence-electron chi connectivity index (χ2n) is 4.22. The maximum atomic E-state index is 10.8. The van der Waals surface area contributed by atoms with Gasteiger partial charge in [0.05, 0.1) is 11.7 Å². The van der Waals surface area contributed by atoms with E-state index in [0.29, 0.717) is 11.3 Å². The third-order valence-corrected chi connectivity index (χ3v) is 2.97. The summed E-state index contributed by atoms with van der Waals surface area (Å²) in [4.78, 5) is 10.8. The Bertz CT molecular complexity index is 367. The summed E-state index contributed by atoms with van der Waals surface area (Å²) in [6, 6.07) is 4.59. The van der Waals surface area contributed by atoms with Crippen molar-refractivity contribution in [2.24, 2.45) is 0 Å². The van der Waals surface area contributed by atoms with Gasteiger partial charge in [-0.25, -0.2) is 0 Å². The van der Waals surface area contributed by atoms with E-state index in [-0.39, 0.29) is 11.9 Å². The van der Waals surface area contributed by atoms with Gasteiger partial charge in [-0.2, -0.15) is 0 Å². The Hall–Kier alpha value is -1.51.